The van der Waals surface area contributed by atoms with Gasteiger partial charge in [0.15, 0.2) is 17.3 Å². The van der Waals surface area contributed by atoms with E-state index in [9.17, 15) is 14.4 Å². The molecule has 1 aromatic carbocycles. The van der Waals surface area contributed by atoms with E-state index in [1.165, 1.54) is 25.5 Å². The summed E-state index contributed by atoms with van der Waals surface area (Å²) in [5.41, 5.74) is 4.94. The minimum absolute atomic E-state index is 0.0916. The molecule has 0 bridgehead atoms. The zero-order valence-corrected chi connectivity index (χ0v) is 16.8. The van der Waals surface area contributed by atoms with E-state index < -0.39 is 23.8 Å². The molecule has 0 aliphatic carbocycles. The molecule has 1 heterocycles. The Bertz CT molecular complexity index is 848. The predicted molar refractivity (Wildman–Crippen MR) is 105 cm³/mol. The SMILES string of the molecule is CCOc1ccc(C(=O)NNC(=O)C(NC(=O)c2ccco2)C(C)C)cc1OC. The van der Waals surface area contributed by atoms with E-state index in [1.807, 2.05) is 6.92 Å². The molecule has 156 valence electrons. The molecule has 2 aromatic rings. The van der Waals surface area contributed by atoms with Gasteiger partial charge in [-0.2, -0.15) is 0 Å². The Morgan fingerprint density at radius 1 is 1.07 bits per heavy atom. The lowest BCUT2D eigenvalue weighted by molar-refractivity contribution is -0.124. The number of hydrogen-bond acceptors (Lipinski definition) is 6. The van der Waals surface area contributed by atoms with Crippen LogP contribution in [0.15, 0.2) is 41.0 Å². The third-order valence-corrected chi connectivity index (χ3v) is 4.01. The Labute approximate surface area is 168 Å². The second kappa shape index (κ2) is 10.2. The number of furan rings is 1. The minimum atomic E-state index is -0.872. The first-order chi connectivity index (χ1) is 13.9. The number of hydrazine groups is 1. The Morgan fingerprint density at radius 3 is 2.41 bits per heavy atom. The summed E-state index contributed by atoms with van der Waals surface area (Å²) in [6, 6.07) is 6.86. The molecule has 0 radical (unpaired) electrons. The van der Waals surface area contributed by atoms with Crippen molar-refractivity contribution in [1.29, 1.82) is 0 Å². The Kier molecular flexibility index (Phi) is 7.64. The van der Waals surface area contributed by atoms with Gasteiger partial charge in [-0.15, -0.1) is 0 Å². The van der Waals surface area contributed by atoms with Gasteiger partial charge in [0.1, 0.15) is 6.04 Å². The molecule has 3 amide bonds. The van der Waals surface area contributed by atoms with Crippen LogP contribution in [-0.4, -0.2) is 37.5 Å². The normalized spacial score (nSPS) is 11.5. The fourth-order valence-electron chi connectivity index (χ4n) is 2.51. The number of benzene rings is 1. The standard InChI is InChI=1S/C20H25N3O6/c1-5-28-14-9-8-13(11-16(14)27-4)18(24)22-23-20(26)17(12(2)3)21-19(25)15-7-6-10-29-15/h6-12,17H,5H2,1-4H3,(H,21,25)(H,22,24)(H,23,26). The third-order valence-electron chi connectivity index (χ3n) is 4.01. The molecular weight excluding hydrogens is 378 g/mol. The molecule has 0 aliphatic rings. The monoisotopic (exact) mass is 403 g/mol. The van der Waals surface area contributed by atoms with Gasteiger partial charge in [0.25, 0.3) is 17.7 Å². The molecular formula is C20H25N3O6. The summed E-state index contributed by atoms with van der Waals surface area (Å²) in [6.07, 6.45) is 1.37. The van der Waals surface area contributed by atoms with Crippen LogP contribution in [0.2, 0.25) is 0 Å². The lowest BCUT2D eigenvalue weighted by Gasteiger charge is -2.21. The second-order valence-corrected chi connectivity index (χ2v) is 6.41. The molecule has 2 rings (SSSR count). The van der Waals surface area contributed by atoms with Gasteiger partial charge < -0.3 is 19.2 Å². The van der Waals surface area contributed by atoms with Crippen LogP contribution in [0.1, 0.15) is 41.7 Å². The highest BCUT2D eigenvalue weighted by Crippen LogP contribution is 2.27. The van der Waals surface area contributed by atoms with Crippen LogP contribution in [0.3, 0.4) is 0 Å². The van der Waals surface area contributed by atoms with Crippen molar-refractivity contribution < 1.29 is 28.3 Å². The van der Waals surface area contributed by atoms with Gasteiger partial charge in [0.05, 0.1) is 20.0 Å². The maximum atomic E-state index is 12.5. The van der Waals surface area contributed by atoms with Crippen molar-refractivity contribution in [2.75, 3.05) is 13.7 Å². The number of amides is 3. The fraction of sp³-hybridized carbons (Fsp3) is 0.350. The predicted octanol–water partition coefficient (Wildman–Crippen LogP) is 1.90. The summed E-state index contributed by atoms with van der Waals surface area (Å²) in [5, 5.41) is 2.59. The Morgan fingerprint density at radius 2 is 1.83 bits per heavy atom. The number of hydrogen-bond donors (Lipinski definition) is 3. The van der Waals surface area contributed by atoms with E-state index in [0.29, 0.717) is 18.1 Å². The van der Waals surface area contributed by atoms with E-state index in [2.05, 4.69) is 16.2 Å². The van der Waals surface area contributed by atoms with Crippen molar-refractivity contribution in [2.24, 2.45) is 5.92 Å². The van der Waals surface area contributed by atoms with Gasteiger partial charge in [0, 0.05) is 5.56 Å². The number of nitrogens with one attached hydrogen (secondary N) is 3. The molecule has 0 spiro atoms. The molecule has 0 saturated carbocycles. The zero-order chi connectivity index (χ0) is 21.4. The van der Waals surface area contributed by atoms with Crippen LogP contribution in [0.25, 0.3) is 0 Å². The molecule has 3 N–H and O–H groups in total. The molecule has 29 heavy (non-hydrogen) atoms. The van der Waals surface area contributed by atoms with E-state index in [4.69, 9.17) is 13.9 Å². The minimum Gasteiger partial charge on any atom is -0.493 e. The van der Waals surface area contributed by atoms with Crippen molar-refractivity contribution in [1.82, 2.24) is 16.2 Å². The first-order valence-electron chi connectivity index (χ1n) is 9.12. The van der Waals surface area contributed by atoms with Crippen molar-refractivity contribution in [3.63, 3.8) is 0 Å². The summed E-state index contributed by atoms with van der Waals surface area (Å²) in [4.78, 5) is 37.0. The molecule has 1 unspecified atom stereocenters. The van der Waals surface area contributed by atoms with Gasteiger partial charge in [0.2, 0.25) is 0 Å². The first kappa shape index (κ1) is 21.8. The van der Waals surface area contributed by atoms with Gasteiger partial charge >= 0.3 is 0 Å². The average molecular weight is 403 g/mol. The highest BCUT2D eigenvalue weighted by Gasteiger charge is 2.26. The number of methoxy groups -OCH3 is 1. The zero-order valence-electron chi connectivity index (χ0n) is 16.8. The molecule has 0 aliphatic heterocycles. The van der Waals surface area contributed by atoms with E-state index >= 15 is 0 Å². The lowest BCUT2D eigenvalue weighted by Crippen LogP contribution is -2.54. The lowest BCUT2D eigenvalue weighted by atomic mass is 10.0. The Hall–Kier alpha value is -3.49. The summed E-state index contributed by atoms with van der Waals surface area (Å²) in [6.45, 7) is 5.83. The largest absolute Gasteiger partial charge is 0.493 e. The van der Waals surface area contributed by atoms with Crippen molar-refractivity contribution in [2.45, 2.75) is 26.8 Å². The topological polar surface area (TPSA) is 119 Å². The highest BCUT2D eigenvalue weighted by molar-refractivity contribution is 5.98. The third kappa shape index (κ3) is 5.74. The van der Waals surface area contributed by atoms with Crippen LogP contribution in [0.4, 0.5) is 0 Å². The number of rotatable bonds is 8. The molecule has 9 nitrogen and oxygen atoms in total. The molecule has 0 saturated heterocycles. The smallest absolute Gasteiger partial charge is 0.287 e. The van der Waals surface area contributed by atoms with Gasteiger partial charge in [-0.3, -0.25) is 25.2 Å². The molecule has 0 fully saturated rings. The highest BCUT2D eigenvalue weighted by atomic mass is 16.5. The fourth-order valence-corrected chi connectivity index (χ4v) is 2.51. The maximum Gasteiger partial charge on any atom is 0.287 e. The quantitative estimate of drug-likeness (QED) is 0.579. The summed E-state index contributed by atoms with van der Waals surface area (Å²) < 4.78 is 15.7. The average Bonchev–Trinajstić information content (AvgIpc) is 3.25. The maximum absolute atomic E-state index is 12.5. The van der Waals surface area contributed by atoms with Crippen LogP contribution in [-0.2, 0) is 4.79 Å². The van der Waals surface area contributed by atoms with E-state index in [1.54, 1.807) is 32.0 Å². The summed E-state index contributed by atoms with van der Waals surface area (Å²) >= 11 is 0. The van der Waals surface area contributed by atoms with E-state index in [0.717, 1.165) is 0 Å². The van der Waals surface area contributed by atoms with Crippen LogP contribution in [0.5, 0.6) is 11.5 Å². The second-order valence-electron chi connectivity index (χ2n) is 6.41. The van der Waals surface area contributed by atoms with E-state index in [-0.39, 0.29) is 17.2 Å². The van der Waals surface area contributed by atoms with Crippen LogP contribution in [0, 0.1) is 5.92 Å². The summed E-state index contributed by atoms with van der Waals surface area (Å²) in [7, 11) is 1.47. The summed E-state index contributed by atoms with van der Waals surface area (Å²) in [5.74, 6) is -0.852. The first-order valence-corrected chi connectivity index (χ1v) is 9.12. The van der Waals surface area contributed by atoms with Gasteiger partial charge in [-0.05, 0) is 43.2 Å². The van der Waals surface area contributed by atoms with Crippen LogP contribution >= 0.6 is 0 Å². The van der Waals surface area contributed by atoms with Gasteiger partial charge in [-0.25, -0.2) is 0 Å². The molecule has 1 aromatic heterocycles. The van der Waals surface area contributed by atoms with Crippen molar-refractivity contribution in [3.8, 4) is 11.5 Å². The number of ether oxygens (including phenoxy) is 2. The van der Waals surface area contributed by atoms with Crippen molar-refractivity contribution >= 4 is 17.7 Å². The number of carbonyl (C=O) groups is 3. The number of carbonyl (C=O) groups excluding carboxylic acids is 3. The molecule has 9 heteroatoms. The Balaban J connectivity index is 2.00. The van der Waals surface area contributed by atoms with Gasteiger partial charge in [-0.1, -0.05) is 13.8 Å². The van der Waals surface area contributed by atoms with Crippen molar-refractivity contribution in [3.05, 3.63) is 47.9 Å². The molecule has 1 atom stereocenters. The van der Waals surface area contributed by atoms with Crippen LogP contribution < -0.4 is 25.6 Å².